The number of hydrogen-bond acceptors (Lipinski definition) is 2. The number of rotatable bonds is 3. The van der Waals surface area contributed by atoms with E-state index in [2.05, 4.69) is 15.9 Å². The highest BCUT2D eigenvalue weighted by Gasteiger charge is 2.11. The molecule has 1 atom stereocenters. The number of nitrogens with two attached hydrogens (primary N) is 1. The fourth-order valence-electron chi connectivity index (χ4n) is 1.63. The Kier molecular flexibility index (Phi) is 3.97. The number of thiophene rings is 1. The van der Waals surface area contributed by atoms with Crippen molar-refractivity contribution in [1.29, 1.82) is 0 Å². The first-order valence-electron chi connectivity index (χ1n) is 5.31. The third-order valence-electron chi connectivity index (χ3n) is 2.72. The highest BCUT2D eigenvalue weighted by Crippen LogP contribution is 2.27. The lowest BCUT2D eigenvalue weighted by atomic mass is 10.0. The zero-order valence-electron chi connectivity index (χ0n) is 9.41. The molecule has 2 rings (SSSR count). The Labute approximate surface area is 113 Å². The molecule has 0 bridgehead atoms. The smallest absolute Gasteiger partial charge is 0.126 e. The number of aryl methyl sites for hydroxylation is 1. The molecule has 0 fully saturated rings. The van der Waals surface area contributed by atoms with Crippen molar-refractivity contribution in [3.8, 4) is 0 Å². The number of benzene rings is 1. The first kappa shape index (κ1) is 12.7. The molecule has 0 aliphatic heterocycles. The molecule has 17 heavy (non-hydrogen) atoms. The van der Waals surface area contributed by atoms with Gasteiger partial charge in [0, 0.05) is 21.8 Å². The molecule has 0 saturated heterocycles. The van der Waals surface area contributed by atoms with Crippen molar-refractivity contribution < 1.29 is 4.39 Å². The highest BCUT2D eigenvalue weighted by atomic mass is 79.9. The van der Waals surface area contributed by atoms with E-state index in [4.69, 9.17) is 5.73 Å². The molecule has 0 aliphatic rings. The van der Waals surface area contributed by atoms with E-state index in [1.807, 2.05) is 17.5 Å². The van der Waals surface area contributed by atoms with Crippen LogP contribution in [-0.4, -0.2) is 0 Å². The summed E-state index contributed by atoms with van der Waals surface area (Å²) in [6.45, 7) is 1.75. The van der Waals surface area contributed by atoms with Gasteiger partial charge in [-0.3, -0.25) is 0 Å². The maximum Gasteiger partial charge on any atom is 0.126 e. The Morgan fingerprint density at radius 3 is 2.76 bits per heavy atom. The van der Waals surface area contributed by atoms with Gasteiger partial charge < -0.3 is 5.73 Å². The molecule has 0 amide bonds. The standard InChI is InChI=1S/C13H13BrFNS/c1-8-2-3-9(6-11(8)15)12(16)7-13-10(14)4-5-17-13/h2-6,12H,7,16H2,1H3. The second kappa shape index (κ2) is 5.29. The van der Waals surface area contributed by atoms with Crippen molar-refractivity contribution in [3.63, 3.8) is 0 Å². The highest BCUT2D eigenvalue weighted by molar-refractivity contribution is 9.10. The zero-order chi connectivity index (χ0) is 12.4. The Morgan fingerprint density at radius 2 is 2.18 bits per heavy atom. The molecular weight excluding hydrogens is 301 g/mol. The van der Waals surface area contributed by atoms with Crippen LogP contribution in [0.1, 0.15) is 22.0 Å². The average molecular weight is 314 g/mol. The Hall–Kier alpha value is -0.710. The lowest BCUT2D eigenvalue weighted by Gasteiger charge is -2.12. The summed E-state index contributed by atoms with van der Waals surface area (Å²) in [6, 6.07) is 7.03. The van der Waals surface area contributed by atoms with Gasteiger partial charge in [-0.25, -0.2) is 4.39 Å². The van der Waals surface area contributed by atoms with Gasteiger partial charge in [0.05, 0.1) is 0 Å². The lowest BCUT2D eigenvalue weighted by Crippen LogP contribution is -2.13. The van der Waals surface area contributed by atoms with Gasteiger partial charge in [0.1, 0.15) is 5.82 Å². The van der Waals surface area contributed by atoms with Crippen LogP contribution in [0.5, 0.6) is 0 Å². The van der Waals surface area contributed by atoms with Crippen LogP contribution in [0.25, 0.3) is 0 Å². The molecule has 2 aromatic rings. The van der Waals surface area contributed by atoms with Crippen molar-refractivity contribution in [2.45, 2.75) is 19.4 Å². The van der Waals surface area contributed by atoms with Crippen molar-refractivity contribution in [2.24, 2.45) is 5.73 Å². The quantitative estimate of drug-likeness (QED) is 0.903. The second-order valence-electron chi connectivity index (χ2n) is 4.01. The van der Waals surface area contributed by atoms with Gasteiger partial charge in [-0.1, -0.05) is 12.1 Å². The van der Waals surface area contributed by atoms with E-state index in [1.165, 1.54) is 10.9 Å². The second-order valence-corrected chi connectivity index (χ2v) is 5.87. The van der Waals surface area contributed by atoms with Crippen molar-refractivity contribution in [2.75, 3.05) is 0 Å². The summed E-state index contributed by atoms with van der Waals surface area (Å²) in [4.78, 5) is 1.19. The topological polar surface area (TPSA) is 26.0 Å². The van der Waals surface area contributed by atoms with E-state index < -0.39 is 0 Å². The van der Waals surface area contributed by atoms with Gasteiger partial charge >= 0.3 is 0 Å². The van der Waals surface area contributed by atoms with Gasteiger partial charge in [0.2, 0.25) is 0 Å². The molecule has 1 aromatic heterocycles. The molecule has 1 unspecified atom stereocenters. The fourth-order valence-corrected chi connectivity index (χ4v) is 3.20. The van der Waals surface area contributed by atoms with Gasteiger partial charge in [-0.15, -0.1) is 11.3 Å². The SMILES string of the molecule is Cc1ccc(C(N)Cc2sccc2Br)cc1F. The molecule has 0 radical (unpaired) electrons. The minimum absolute atomic E-state index is 0.167. The fraction of sp³-hybridized carbons (Fsp3) is 0.231. The van der Waals surface area contributed by atoms with Crippen LogP contribution >= 0.6 is 27.3 Å². The van der Waals surface area contributed by atoms with Gasteiger partial charge in [-0.2, -0.15) is 0 Å². The van der Waals surface area contributed by atoms with Gasteiger partial charge in [0.25, 0.3) is 0 Å². The van der Waals surface area contributed by atoms with Crippen LogP contribution in [0, 0.1) is 12.7 Å². The summed E-state index contributed by atoms with van der Waals surface area (Å²) in [5.41, 5.74) is 7.59. The third-order valence-corrected chi connectivity index (χ3v) is 4.67. The predicted octanol–water partition coefficient (Wildman–Crippen LogP) is 4.20. The number of halogens is 2. The van der Waals surface area contributed by atoms with Crippen molar-refractivity contribution in [3.05, 3.63) is 55.9 Å². The van der Waals surface area contributed by atoms with Gasteiger partial charge in [0.15, 0.2) is 0 Å². The molecule has 1 heterocycles. The van der Waals surface area contributed by atoms with Crippen LogP contribution in [0.4, 0.5) is 4.39 Å². The van der Waals surface area contributed by atoms with Crippen LogP contribution in [-0.2, 0) is 6.42 Å². The zero-order valence-corrected chi connectivity index (χ0v) is 11.8. The molecule has 0 spiro atoms. The summed E-state index contributed by atoms with van der Waals surface area (Å²) < 4.78 is 14.5. The van der Waals surface area contributed by atoms with E-state index in [0.29, 0.717) is 5.56 Å². The minimum atomic E-state index is -0.191. The Morgan fingerprint density at radius 1 is 1.41 bits per heavy atom. The van der Waals surface area contributed by atoms with E-state index in [1.54, 1.807) is 24.3 Å². The molecule has 1 aromatic carbocycles. The molecule has 90 valence electrons. The lowest BCUT2D eigenvalue weighted by molar-refractivity contribution is 0.610. The molecule has 2 N–H and O–H groups in total. The van der Waals surface area contributed by atoms with Gasteiger partial charge in [-0.05, 0) is 51.5 Å². The maximum absolute atomic E-state index is 13.4. The van der Waals surface area contributed by atoms with Crippen molar-refractivity contribution in [1.82, 2.24) is 0 Å². The van der Waals surface area contributed by atoms with Crippen molar-refractivity contribution >= 4 is 27.3 Å². The summed E-state index contributed by atoms with van der Waals surface area (Å²) in [6.07, 6.45) is 0.723. The molecular formula is C13H13BrFNS. The van der Waals surface area contributed by atoms with Crippen LogP contribution in [0.3, 0.4) is 0 Å². The van der Waals surface area contributed by atoms with Crippen LogP contribution in [0.2, 0.25) is 0 Å². The van der Waals surface area contributed by atoms with E-state index >= 15 is 0 Å². The monoisotopic (exact) mass is 313 g/mol. The van der Waals surface area contributed by atoms with Crippen LogP contribution in [0.15, 0.2) is 34.1 Å². The average Bonchev–Trinajstić information content (AvgIpc) is 2.68. The predicted molar refractivity (Wildman–Crippen MR) is 73.8 cm³/mol. The summed E-state index contributed by atoms with van der Waals surface area (Å²) in [5.74, 6) is -0.191. The largest absolute Gasteiger partial charge is 0.324 e. The minimum Gasteiger partial charge on any atom is -0.324 e. The Balaban J connectivity index is 2.17. The molecule has 1 nitrogen and oxygen atoms in total. The molecule has 4 heteroatoms. The van der Waals surface area contributed by atoms with E-state index in [0.717, 1.165) is 16.5 Å². The maximum atomic E-state index is 13.4. The Bertz CT molecular complexity index is 524. The van der Waals surface area contributed by atoms with E-state index in [9.17, 15) is 4.39 Å². The van der Waals surface area contributed by atoms with E-state index in [-0.39, 0.29) is 11.9 Å². The number of hydrogen-bond donors (Lipinski definition) is 1. The summed E-state index contributed by atoms with van der Waals surface area (Å²) >= 11 is 5.13. The summed E-state index contributed by atoms with van der Waals surface area (Å²) in [7, 11) is 0. The molecule has 0 aliphatic carbocycles. The van der Waals surface area contributed by atoms with Crippen LogP contribution < -0.4 is 5.73 Å². The third kappa shape index (κ3) is 2.94. The molecule has 0 saturated carbocycles. The first-order chi connectivity index (χ1) is 8.08. The first-order valence-corrected chi connectivity index (χ1v) is 6.98. The summed E-state index contributed by atoms with van der Waals surface area (Å²) in [5, 5.41) is 2.02. The normalized spacial score (nSPS) is 12.7.